The third kappa shape index (κ3) is 3.32. The molecule has 118 valence electrons. The summed E-state index contributed by atoms with van der Waals surface area (Å²) in [5, 5.41) is 4.85. The highest BCUT2D eigenvalue weighted by Crippen LogP contribution is 2.41. The van der Waals surface area contributed by atoms with Crippen LogP contribution in [0.15, 0.2) is 12.3 Å². The van der Waals surface area contributed by atoms with Gasteiger partial charge in [-0.2, -0.15) is 5.10 Å². The van der Waals surface area contributed by atoms with Crippen molar-refractivity contribution in [2.45, 2.75) is 83.2 Å². The smallest absolute Gasteiger partial charge is 0.0640 e. The van der Waals surface area contributed by atoms with Crippen LogP contribution in [-0.2, 0) is 6.42 Å². The fourth-order valence-electron chi connectivity index (χ4n) is 4.28. The standard InChI is InChI=1S/C17H30N4/c1-17(10-5-6-11-17)16(19-18)13-14-9-12-21(20-14)15-7-3-2-4-8-15/h9,12,15-16,19H,2-8,10-11,13,18H2,1H3. The van der Waals surface area contributed by atoms with Crippen LogP contribution in [-0.4, -0.2) is 15.8 Å². The topological polar surface area (TPSA) is 55.9 Å². The second kappa shape index (κ2) is 6.49. The van der Waals surface area contributed by atoms with E-state index in [-0.39, 0.29) is 0 Å². The largest absolute Gasteiger partial charge is 0.271 e. The number of hydrogen-bond acceptors (Lipinski definition) is 3. The minimum Gasteiger partial charge on any atom is -0.271 e. The summed E-state index contributed by atoms with van der Waals surface area (Å²) in [6, 6.07) is 3.16. The van der Waals surface area contributed by atoms with Gasteiger partial charge in [0.25, 0.3) is 0 Å². The molecule has 0 bridgehead atoms. The monoisotopic (exact) mass is 290 g/mol. The van der Waals surface area contributed by atoms with Crippen LogP contribution in [0.2, 0.25) is 0 Å². The van der Waals surface area contributed by atoms with Gasteiger partial charge in [0.15, 0.2) is 0 Å². The van der Waals surface area contributed by atoms with Gasteiger partial charge in [-0.25, -0.2) is 0 Å². The molecule has 2 fully saturated rings. The second-order valence-electron chi connectivity index (χ2n) is 7.36. The predicted molar refractivity (Wildman–Crippen MR) is 85.7 cm³/mol. The molecule has 4 nitrogen and oxygen atoms in total. The van der Waals surface area contributed by atoms with Gasteiger partial charge in [0.05, 0.1) is 11.7 Å². The quantitative estimate of drug-likeness (QED) is 0.646. The molecule has 3 N–H and O–H groups in total. The molecule has 1 unspecified atom stereocenters. The van der Waals surface area contributed by atoms with Crippen LogP contribution < -0.4 is 11.3 Å². The number of nitrogens with one attached hydrogen (secondary N) is 1. The molecule has 0 spiro atoms. The maximum Gasteiger partial charge on any atom is 0.0640 e. The molecule has 2 aliphatic rings. The highest BCUT2D eigenvalue weighted by Gasteiger charge is 2.36. The van der Waals surface area contributed by atoms with Gasteiger partial charge >= 0.3 is 0 Å². The minimum atomic E-state index is 0.337. The molecular formula is C17H30N4. The molecule has 21 heavy (non-hydrogen) atoms. The van der Waals surface area contributed by atoms with E-state index in [9.17, 15) is 0 Å². The fourth-order valence-corrected chi connectivity index (χ4v) is 4.28. The van der Waals surface area contributed by atoms with Gasteiger partial charge in [0.2, 0.25) is 0 Å². The molecule has 0 saturated heterocycles. The number of hydrogen-bond donors (Lipinski definition) is 2. The lowest BCUT2D eigenvalue weighted by atomic mass is 9.79. The Morgan fingerprint density at radius 1 is 1.29 bits per heavy atom. The van der Waals surface area contributed by atoms with E-state index in [0.717, 1.165) is 6.42 Å². The Morgan fingerprint density at radius 3 is 2.67 bits per heavy atom. The van der Waals surface area contributed by atoms with Crippen molar-refractivity contribution in [2.75, 3.05) is 0 Å². The summed E-state index contributed by atoms with van der Waals surface area (Å²) in [6.07, 6.45) is 15.0. The van der Waals surface area contributed by atoms with Crippen LogP contribution in [0, 0.1) is 5.41 Å². The Labute approximate surface area is 128 Å². The number of nitrogens with zero attached hydrogens (tertiary/aromatic N) is 2. The molecule has 1 aromatic rings. The van der Waals surface area contributed by atoms with E-state index in [1.165, 1.54) is 63.5 Å². The van der Waals surface area contributed by atoms with E-state index in [4.69, 9.17) is 10.9 Å². The zero-order chi connectivity index (χ0) is 14.7. The molecule has 3 rings (SSSR count). The van der Waals surface area contributed by atoms with Crippen LogP contribution in [0.5, 0.6) is 0 Å². The van der Waals surface area contributed by atoms with Gasteiger partial charge in [-0.1, -0.05) is 39.0 Å². The summed E-state index contributed by atoms with van der Waals surface area (Å²) < 4.78 is 2.21. The molecule has 0 radical (unpaired) electrons. The van der Waals surface area contributed by atoms with Gasteiger partial charge in [0.1, 0.15) is 0 Å². The van der Waals surface area contributed by atoms with Gasteiger partial charge in [0, 0.05) is 18.7 Å². The Balaban J connectivity index is 1.65. The molecular weight excluding hydrogens is 260 g/mol. The average Bonchev–Trinajstić information content (AvgIpc) is 3.15. The normalized spacial score (nSPS) is 24.3. The zero-order valence-electron chi connectivity index (χ0n) is 13.4. The molecule has 2 aliphatic carbocycles. The van der Waals surface area contributed by atoms with Crippen LogP contribution in [0.1, 0.15) is 76.4 Å². The van der Waals surface area contributed by atoms with E-state index in [1.54, 1.807) is 0 Å². The van der Waals surface area contributed by atoms with Gasteiger partial charge < -0.3 is 0 Å². The highest BCUT2D eigenvalue weighted by molar-refractivity contribution is 5.05. The summed E-state index contributed by atoms with van der Waals surface area (Å²) in [6.45, 7) is 2.38. The lowest BCUT2D eigenvalue weighted by Gasteiger charge is -2.33. The summed E-state index contributed by atoms with van der Waals surface area (Å²) in [5.41, 5.74) is 4.60. The predicted octanol–water partition coefficient (Wildman–Crippen LogP) is 3.34. The molecule has 4 heteroatoms. The van der Waals surface area contributed by atoms with Crippen LogP contribution in [0.25, 0.3) is 0 Å². The van der Waals surface area contributed by atoms with Crippen molar-refractivity contribution < 1.29 is 0 Å². The van der Waals surface area contributed by atoms with Crippen molar-refractivity contribution in [2.24, 2.45) is 11.3 Å². The van der Waals surface area contributed by atoms with Crippen molar-refractivity contribution in [1.82, 2.24) is 15.2 Å². The molecule has 1 aromatic heterocycles. The summed E-state index contributed by atoms with van der Waals surface area (Å²) in [7, 11) is 0. The van der Waals surface area contributed by atoms with Crippen molar-refractivity contribution in [3.05, 3.63) is 18.0 Å². The molecule has 1 atom stereocenters. The minimum absolute atomic E-state index is 0.337. The van der Waals surface area contributed by atoms with E-state index in [1.807, 2.05) is 0 Å². The van der Waals surface area contributed by atoms with E-state index in [0.29, 0.717) is 17.5 Å². The first-order valence-electron chi connectivity index (χ1n) is 8.71. The first-order valence-corrected chi connectivity index (χ1v) is 8.71. The van der Waals surface area contributed by atoms with Crippen molar-refractivity contribution in [3.8, 4) is 0 Å². The van der Waals surface area contributed by atoms with Gasteiger partial charge in [-0.15, -0.1) is 0 Å². The Bertz CT molecular complexity index is 441. The molecule has 0 amide bonds. The van der Waals surface area contributed by atoms with Crippen molar-refractivity contribution in [3.63, 3.8) is 0 Å². The summed E-state index contributed by atoms with van der Waals surface area (Å²) >= 11 is 0. The highest BCUT2D eigenvalue weighted by atomic mass is 15.3. The first kappa shape index (κ1) is 15.0. The average molecular weight is 290 g/mol. The number of aromatic nitrogens is 2. The van der Waals surface area contributed by atoms with E-state index in [2.05, 4.69) is 29.3 Å². The van der Waals surface area contributed by atoms with E-state index >= 15 is 0 Å². The molecule has 1 heterocycles. The molecule has 0 aromatic carbocycles. The van der Waals surface area contributed by atoms with Crippen molar-refractivity contribution in [1.29, 1.82) is 0 Å². The third-order valence-electron chi connectivity index (χ3n) is 5.81. The Hall–Kier alpha value is -0.870. The Morgan fingerprint density at radius 2 is 2.00 bits per heavy atom. The van der Waals surface area contributed by atoms with Gasteiger partial charge in [-0.3, -0.25) is 16.0 Å². The summed E-state index contributed by atoms with van der Waals surface area (Å²) in [4.78, 5) is 0. The fraction of sp³-hybridized carbons (Fsp3) is 0.824. The summed E-state index contributed by atoms with van der Waals surface area (Å²) in [5.74, 6) is 5.85. The number of nitrogens with two attached hydrogens (primary N) is 1. The van der Waals surface area contributed by atoms with Crippen LogP contribution in [0.3, 0.4) is 0 Å². The number of hydrazine groups is 1. The molecule has 0 aliphatic heterocycles. The van der Waals surface area contributed by atoms with Crippen molar-refractivity contribution >= 4 is 0 Å². The van der Waals surface area contributed by atoms with Crippen LogP contribution >= 0.6 is 0 Å². The second-order valence-corrected chi connectivity index (χ2v) is 7.36. The number of rotatable bonds is 5. The third-order valence-corrected chi connectivity index (χ3v) is 5.81. The lowest BCUT2D eigenvalue weighted by molar-refractivity contribution is 0.219. The maximum absolute atomic E-state index is 5.85. The van der Waals surface area contributed by atoms with Crippen LogP contribution in [0.4, 0.5) is 0 Å². The van der Waals surface area contributed by atoms with E-state index < -0.39 is 0 Å². The zero-order valence-corrected chi connectivity index (χ0v) is 13.4. The molecule has 2 saturated carbocycles. The Kier molecular flexibility index (Phi) is 4.65. The first-order chi connectivity index (χ1) is 10.2. The maximum atomic E-state index is 5.85. The van der Waals surface area contributed by atoms with Gasteiger partial charge in [-0.05, 0) is 37.2 Å². The SMILES string of the molecule is CC1(C(Cc2ccn(C3CCCCC3)n2)NN)CCCC1. The lowest BCUT2D eigenvalue weighted by Crippen LogP contribution is -2.47.